The van der Waals surface area contributed by atoms with Crippen molar-refractivity contribution in [3.63, 3.8) is 0 Å². The number of fused-ring (bicyclic) bond motifs is 1. The molecule has 0 spiro atoms. The maximum absolute atomic E-state index is 10.9. The quantitative estimate of drug-likeness (QED) is 0.845. The molecule has 2 heterocycles. The molecule has 3 fully saturated rings. The fraction of sp³-hybridized carbons (Fsp3) is 0.682. The summed E-state index contributed by atoms with van der Waals surface area (Å²) >= 11 is 0. The van der Waals surface area contributed by atoms with Gasteiger partial charge in [-0.2, -0.15) is 0 Å². The van der Waals surface area contributed by atoms with E-state index in [4.69, 9.17) is 0 Å². The molecular formula is C22H31N3O. The molecule has 4 nitrogen and oxygen atoms in total. The van der Waals surface area contributed by atoms with Gasteiger partial charge in [0.2, 0.25) is 0 Å². The summed E-state index contributed by atoms with van der Waals surface area (Å²) < 4.78 is 0. The molecule has 140 valence electrons. The van der Waals surface area contributed by atoms with Crippen molar-refractivity contribution in [1.29, 1.82) is 0 Å². The Hall–Kier alpha value is -1.39. The Bertz CT molecular complexity index is 722. The molecule has 1 saturated heterocycles. The van der Waals surface area contributed by atoms with Crippen LogP contribution in [0.5, 0.6) is 0 Å². The van der Waals surface area contributed by atoms with E-state index in [0.29, 0.717) is 5.92 Å². The highest BCUT2D eigenvalue weighted by Gasteiger charge is 2.52. The van der Waals surface area contributed by atoms with Crippen molar-refractivity contribution in [2.24, 2.45) is 11.8 Å². The molecule has 1 N–H and O–H groups in total. The zero-order valence-electron chi connectivity index (χ0n) is 16.0. The Morgan fingerprint density at radius 2 is 2.04 bits per heavy atom. The van der Waals surface area contributed by atoms with E-state index in [1.54, 1.807) is 11.1 Å². The van der Waals surface area contributed by atoms with Crippen molar-refractivity contribution in [3.8, 4) is 0 Å². The second-order valence-corrected chi connectivity index (χ2v) is 9.14. The van der Waals surface area contributed by atoms with Crippen LogP contribution in [0.15, 0.2) is 29.5 Å². The fourth-order valence-corrected chi connectivity index (χ4v) is 6.01. The molecule has 1 unspecified atom stereocenters. The summed E-state index contributed by atoms with van der Waals surface area (Å²) in [7, 11) is 2.20. The zero-order valence-corrected chi connectivity index (χ0v) is 16.0. The van der Waals surface area contributed by atoms with Gasteiger partial charge in [0.15, 0.2) is 0 Å². The highest BCUT2D eigenvalue weighted by atomic mass is 16.3. The second kappa shape index (κ2) is 6.35. The largest absolute Gasteiger partial charge is 0.390 e. The number of hydrogen-bond acceptors (Lipinski definition) is 4. The third-order valence-corrected chi connectivity index (χ3v) is 7.39. The van der Waals surface area contributed by atoms with Crippen LogP contribution < -0.4 is 4.90 Å². The predicted molar refractivity (Wildman–Crippen MR) is 104 cm³/mol. The summed E-state index contributed by atoms with van der Waals surface area (Å²) in [5, 5.41) is 10.9. The monoisotopic (exact) mass is 353 g/mol. The minimum atomic E-state index is -0.385. The summed E-state index contributed by atoms with van der Waals surface area (Å²) in [6, 6.07) is 4.45. The fourth-order valence-electron chi connectivity index (χ4n) is 6.01. The van der Waals surface area contributed by atoms with Gasteiger partial charge < -0.3 is 14.9 Å². The van der Waals surface area contributed by atoms with Gasteiger partial charge in [-0.05, 0) is 76.0 Å². The molecule has 1 aromatic heterocycles. The first kappa shape index (κ1) is 16.8. The van der Waals surface area contributed by atoms with Gasteiger partial charge in [0.05, 0.1) is 5.60 Å². The molecule has 1 aliphatic heterocycles. The van der Waals surface area contributed by atoms with Gasteiger partial charge >= 0.3 is 0 Å². The Morgan fingerprint density at radius 1 is 1.19 bits per heavy atom. The molecule has 2 bridgehead atoms. The van der Waals surface area contributed by atoms with E-state index in [2.05, 4.69) is 34.0 Å². The predicted octanol–water partition coefficient (Wildman–Crippen LogP) is 3.02. The van der Waals surface area contributed by atoms with Crippen molar-refractivity contribution < 1.29 is 5.11 Å². The van der Waals surface area contributed by atoms with Crippen LogP contribution in [0.25, 0.3) is 0 Å². The lowest BCUT2D eigenvalue weighted by Gasteiger charge is -2.34. The van der Waals surface area contributed by atoms with Crippen LogP contribution >= 0.6 is 0 Å². The lowest BCUT2D eigenvalue weighted by atomic mass is 9.79. The lowest BCUT2D eigenvalue weighted by Crippen LogP contribution is -2.44. The van der Waals surface area contributed by atoms with Gasteiger partial charge in [-0.1, -0.05) is 11.1 Å². The van der Waals surface area contributed by atoms with Crippen LogP contribution in [0.4, 0.5) is 5.69 Å². The number of allylic oxidation sites excluding steroid dienone is 1. The first-order valence-electron chi connectivity index (χ1n) is 10.4. The SMILES string of the molecule is CN1CCN(c2ccnc(CCC3=C4CC[C@H]5C[C@](O)(C3)CC45)c2)CC1. The molecule has 0 amide bonds. The van der Waals surface area contributed by atoms with Crippen LogP contribution in [-0.2, 0) is 6.42 Å². The summed E-state index contributed by atoms with van der Waals surface area (Å²) in [6.07, 6.45) is 9.67. The smallest absolute Gasteiger partial charge is 0.0693 e. The highest BCUT2D eigenvalue weighted by Crippen LogP contribution is 2.58. The van der Waals surface area contributed by atoms with Crippen molar-refractivity contribution in [3.05, 3.63) is 35.2 Å². The van der Waals surface area contributed by atoms with E-state index in [9.17, 15) is 5.11 Å². The average molecular weight is 354 g/mol. The summed E-state index contributed by atoms with van der Waals surface area (Å²) in [4.78, 5) is 9.52. The van der Waals surface area contributed by atoms with Crippen molar-refractivity contribution in [2.75, 3.05) is 38.1 Å². The molecule has 4 heteroatoms. The van der Waals surface area contributed by atoms with Gasteiger partial charge in [-0.15, -0.1) is 0 Å². The number of nitrogens with zero attached hydrogens (tertiary/aromatic N) is 3. The molecule has 4 aliphatic rings. The second-order valence-electron chi connectivity index (χ2n) is 9.14. The maximum atomic E-state index is 10.9. The van der Waals surface area contributed by atoms with Gasteiger partial charge in [-0.3, -0.25) is 4.98 Å². The molecule has 1 aromatic rings. The summed E-state index contributed by atoms with van der Waals surface area (Å²) in [5.74, 6) is 1.47. The number of aromatic nitrogens is 1. The molecule has 2 saturated carbocycles. The molecular weight excluding hydrogens is 322 g/mol. The van der Waals surface area contributed by atoms with E-state index < -0.39 is 0 Å². The number of aryl methyl sites for hydroxylation is 1. The van der Waals surface area contributed by atoms with Gasteiger partial charge in [0, 0.05) is 43.8 Å². The number of anilines is 1. The van der Waals surface area contributed by atoms with Crippen molar-refractivity contribution in [2.45, 2.75) is 50.5 Å². The highest BCUT2D eigenvalue weighted by molar-refractivity contribution is 5.47. The van der Waals surface area contributed by atoms with Crippen molar-refractivity contribution in [1.82, 2.24) is 9.88 Å². The van der Waals surface area contributed by atoms with Crippen LogP contribution in [0, 0.1) is 11.8 Å². The Kier molecular flexibility index (Phi) is 4.09. The number of pyridine rings is 1. The maximum Gasteiger partial charge on any atom is 0.0693 e. The zero-order chi connectivity index (χ0) is 17.7. The first-order valence-corrected chi connectivity index (χ1v) is 10.4. The van der Waals surface area contributed by atoms with Gasteiger partial charge in [0.25, 0.3) is 0 Å². The molecule has 3 atom stereocenters. The molecule has 0 aromatic carbocycles. The third-order valence-electron chi connectivity index (χ3n) is 7.39. The Labute approximate surface area is 156 Å². The molecule has 3 aliphatic carbocycles. The van der Waals surface area contributed by atoms with Crippen LogP contribution in [0.1, 0.15) is 44.2 Å². The van der Waals surface area contributed by atoms with E-state index in [1.807, 2.05) is 6.20 Å². The summed E-state index contributed by atoms with van der Waals surface area (Å²) in [5.41, 5.74) is 5.42. The topological polar surface area (TPSA) is 39.6 Å². The molecule has 0 radical (unpaired) electrons. The van der Waals surface area contributed by atoms with E-state index in [1.165, 1.54) is 24.2 Å². The number of aliphatic hydroxyl groups is 1. The minimum absolute atomic E-state index is 0.385. The van der Waals surface area contributed by atoms with Crippen LogP contribution in [-0.4, -0.2) is 53.8 Å². The minimum Gasteiger partial charge on any atom is -0.390 e. The number of rotatable bonds is 4. The standard InChI is InChI=1S/C22H31N3O/c1-24-8-10-25(11-9-24)19-6-7-23-18(12-19)4-2-16-13-22(26)14-17-3-5-20(16)21(17)15-22/h6-7,12,17,21,26H,2-5,8-11,13-15H2,1H3/t17-,21?,22+/m0/s1. The average Bonchev–Trinajstić information content (AvgIpc) is 3.13. The number of piperazine rings is 1. The normalized spacial score (nSPS) is 34.0. The van der Waals surface area contributed by atoms with Gasteiger partial charge in [0.1, 0.15) is 0 Å². The van der Waals surface area contributed by atoms with Crippen molar-refractivity contribution >= 4 is 5.69 Å². The van der Waals surface area contributed by atoms with Crippen LogP contribution in [0.3, 0.4) is 0 Å². The number of hydrogen-bond donors (Lipinski definition) is 1. The molecule has 26 heavy (non-hydrogen) atoms. The van der Waals surface area contributed by atoms with Crippen LogP contribution in [0.2, 0.25) is 0 Å². The first-order chi connectivity index (χ1) is 12.6. The molecule has 5 rings (SSSR count). The summed E-state index contributed by atoms with van der Waals surface area (Å²) in [6.45, 7) is 4.47. The number of likely N-dealkylation sites (N-methyl/N-ethyl adjacent to an activating group) is 1. The Morgan fingerprint density at radius 3 is 2.88 bits per heavy atom. The Balaban J connectivity index is 1.28. The lowest BCUT2D eigenvalue weighted by molar-refractivity contribution is 0.0354. The van der Waals surface area contributed by atoms with E-state index in [0.717, 1.165) is 64.2 Å². The third kappa shape index (κ3) is 2.97. The van der Waals surface area contributed by atoms with E-state index >= 15 is 0 Å². The van der Waals surface area contributed by atoms with E-state index in [-0.39, 0.29) is 5.60 Å². The van der Waals surface area contributed by atoms with Gasteiger partial charge in [-0.25, -0.2) is 0 Å².